The van der Waals surface area contributed by atoms with E-state index in [4.69, 9.17) is 25.4 Å². The number of halogens is 6. The Morgan fingerprint density at radius 3 is 2.17 bits per heavy atom. The second kappa shape index (κ2) is 13.9. The summed E-state index contributed by atoms with van der Waals surface area (Å²) in [5.41, 5.74) is 7.25. The Balaban J connectivity index is 1.80. The van der Waals surface area contributed by atoms with Crippen LogP contribution in [0.1, 0.15) is 78.4 Å². The van der Waals surface area contributed by atoms with Gasteiger partial charge in [0.2, 0.25) is 0 Å². The Bertz CT molecular complexity index is 1490. The van der Waals surface area contributed by atoms with Gasteiger partial charge in [0.05, 0.1) is 11.0 Å². The Morgan fingerprint density at radius 1 is 0.913 bits per heavy atom. The highest BCUT2D eigenvalue weighted by molar-refractivity contribution is 5.84. The van der Waals surface area contributed by atoms with Gasteiger partial charge in [-0.1, -0.05) is 31.9 Å². The maximum Gasteiger partial charge on any atom is 0.417 e. The molecule has 0 amide bonds. The number of unbranched alkanes of at least 4 members (excludes halogenated alkanes) is 2. The van der Waals surface area contributed by atoms with Gasteiger partial charge in [-0.15, -0.1) is 0 Å². The van der Waals surface area contributed by atoms with E-state index >= 15 is 0 Å². The van der Waals surface area contributed by atoms with Crippen molar-refractivity contribution in [2.45, 2.75) is 97.6 Å². The van der Waals surface area contributed by atoms with E-state index in [-0.39, 0.29) is 29.1 Å². The first-order valence-electron chi connectivity index (χ1n) is 15.2. The van der Waals surface area contributed by atoms with Gasteiger partial charge in [0.25, 0.3) is 0 Å². The van der Waals surface area contributed by atoms with Crippen molar-refractivity contribution in [1.82, 2.24) is 0 Å². The van der Waals surface area contributed by atoms with Gasteiger partial charge >= 0.3 is 18.3 Å². The molecule has 0 aliphatic carbocycles. The van der Waals surface area contributed by atoms with Crippen molar-refractivity contribution in [2.75, 3.05) is 13.2 Å². The lowest BCUT2D eigenvalue weighted by Crippen LogP contribution is -2.51. The molecule has 1 aromatic heterocycles. The molecular formula is C34H44F6N2O4. The van der Waals surface area contributed by atoms with Crippen molar-refractivity contribution < 1.29 is 45.0 Å². The number of hydrogen-bond acceptors (Lipinski definition) is 6. The molecule has 256 valence electrons. The monoisotopic (exact) mass is 658 g/mol. The van der Waals surface area contributed by atoms with Crippen LogP contribution in [-0.4, -0.2) is 36.9 Å². The fraction of sp³-hybridized carbons (Fsp3) is 0.559. The van der Waals surface area contributed by atoms with Crippen molar-refractivity contribution in [1.29, 1.82) is 0 Å². The van der Waals surface area contributed by atoms with E-state index in [0.29, 0.717) is 17.4 Å². The molecule has 6 nitrogen and oxygen atoms in total. The molecule has 3 aromatic rings. The van der Waals surface area contributed by atoms with Crippen LogP contribution in [0.25, 0.3) is 22.3 Å². The van der Waals surface area contributed by atoms with Crippen LogP contribution in [0.4, 0.5) is 26.3 Å². The molecule has 2 aromatic carbocycles. The summed E-state index contributed by atoms with van der Waals surface area (Å²) in [4.78, 5) is 12.8. The maximum absolute atomic E-state index is 14.2. The average molecular weight is 659 g/mol. The number of furan rings is 1. The van der Waals surface area contributed by atoms with Crippen LogP contribution in [0, 0.1) is 10.8 Å². The molecule has 46 heavy (non-hydrogen) atoms. The number of alkyl halides is 6. The molecule has 0 aliphatic heterocycles. The molecule has 0 saturated carbocycles. The van der Waals surface area contributed by atoms with E-state index in [1.54, 1.807) is 19.9 Å². The van der Waals surface area contributed by atoms with Crippen LogP contribution >= 0.6 is 0 Å². The molecule has 0 spiro atoms. The fourth-order valence-electron chi connectivity index (χ4n) is 4.84. The summed E-state index contributed by atoms with van der Waals surface area (Å²) < 4.78 is 101. The van der Waals surface area contributed by atoms with E-state index in [2.05, 4.69) is 0 Å². The van der Waals surface area contributed by atoms with Crippen molar-refractivity contribution >= 4 is 16.9 Å². The number of aryl methyl sites for hydroxylation is 1. The third-order valence-corrected chi connectivity index (χ3v) is 8.18. The number of hydrogen-bond donors (Lipinski definition) is 2. The number of ether oxygens (including phenoxy) is 2. The lowest BCUT2D eigenvalue weighted by atomic mass is 9.79. The number of benzene rings is 2. The summed E-state index contributed by atoms with van der Waals surface area (Å²) >= 11 is 0. The quantitative estimate of drug-likeness (QED) is 0.102. The third-order valence-electron chi connectivity index (χ3n) is 8.18. The fourth-order valence-corrected chi connectivity index (χ4v) is 4.84. The number of rotatable bonds is 14. The molecule has 12 heteroatoms. The predicted octanol–water partition coefficient (Wildman–Crippen LogP) is 8.82. The van der Waals surface area contributed by atoms with E-state index in [1.807, 2.05) is 6.92 Å². The smallest absolute Gasteiger partial charge is 0.417 e. The number of nitrogens with two attached hydrogens (primary N) is 2. The largest absolute Gasteiger partial charge is 0.492 e. The maximum atomic E-state index is 14.2. The van der Waals surface area contributed by atoms with Crippen LogP contribution in [0.2, 0.25) is 0 Å². The topological polar surface area (TPSA) is 101 Å². The minimum absolute atomic E-state index is 0.00922. The van der Waals surface area contributed by atoms with Gasteiger partial charge in [-0.2, -0.15) is 26.3 Å². The van der Waals surface area contributed by atoms with Crippen molar-refractivity contribution in [2.24, 2.45) is 22.3 Å². The highest BCUT2D eigenvalue weighted by atomic mass is 19.4. The van der Waals surface area contributed by atoms with Gasteiger partial charge < -0.3 is 25.4 Å². The molecule has 0 bridgehead atoms. The molecule has 0 radical (unpaired) electrons. The number of esters is 1. The van der Waals surface area contributed by atoms with Crippen LogP contribution in [0.15, 0.2) is 46.9 Å². The Kier molecular flexibility index (Phi) is 11.2. The van der Waals surface area contributed by atoms with E-state index in [0.717, 1.165) is 32.3 Å². The summed E-state index contributed by atoms with van der Waals surface area (Å²) in [6, 6.07) is 9.00. The van der Waals surface area contributed by atoms with Gasteiger partial charge in [0.1, 0.15) is 35.7 Å². The van der Waals surface area contributed by atoms with Gasteiger partial charge in [-0.25, -0.2) is 0 Å². The molecule has 2 unspecified atom stereocenters. The summed E-state index contributed by atoms with van der Waals surface area (Å²) in [5, 5.41) is 0.439. The zero-order chi connectivity index (χ0) is 34.7. The lowest BCUT2D eigenvalue weighted by molar-refractivity contribution is -0.242. The molecule has 0 aliphatic rings. The third kappa shape index (κ3) is 9.18. The van der Waals surface area contributed by atoms with Crippen LogP contribution in [-0.2, 0) is 22.1 Å². The first-order valence-corrected chi connectivity index (χ1v) is 15.2. The first-order chi connectivity index (χ1) is 21.1. The average Bonchev–Trinajstić information content (AvgIpc) is 3.36. The van der Waals surface area contributed by atoms with E-state index < -0.39 is 59.5 Å². The molecule has 3 rings (SSSR count). The summed E-state index contributed by atoms with van der Waals surface area (Å²) in [7, 11) is 0. The summed E-state index contributed by atoms with van der Waals surface area (Å²) in [6.07, 6.45) is -6.08. The minimum atomic E-state index is -4.82. The molecular weight excluding hydrogens is 614 g/mol. The minimum Gasteiger partial charge on any atom is -0.492 e. The molecule has 2 atom stereocenters. The zero-order valence-electron chi connectivity index (χ0n) is 27.1. The van der Waals surface area contributed by atoms with E-state index in [1.165, 1.54) is 44.2 Å². The van der Waals surface area contributed by atoms with Gasteiger partial charge in [0, 0.05) is 28.6 Å². The number of carbonyl (C=O) groups excluding carboxylic acids is 1. The SMILES string of the molecule is CCCCCc1ccc(-c2cc3ccc(OCC(C)(COC(=O)C(C)(C)C(N)CC(C)(C)N)C(F)(F)F)cc3o2)c(C(F)(F)F)c1. The second-order valence-corrected chi connectivity index (χ2v) is 13.6. The Labute approximate surface area is 265 Å². The summed E-state index contributed by atoms with van der Waals surface area (Å²) in [6.45, 7) is 7.35. The summed E-state index contributed by atoms with van der Waals surface area (Å²) in [5.74, 6) is -0.952. The lowest BCUT2D eigenvalue weighted by Gasteiger charge is -2.36. The number of carbonyl (C=O) groups is 1. The van der Waals surface area contributed by atoms with Gasteiger partial charge in [-0.3, -0.25) is 4.79 Å². The first kappa shape index (κ1) is 37.2. The standard InChI is InChI=1S/C34H44F6N2O4/c1-7-8-9-10-21-11-14-24(25(15-21)33(35,36)37)27-16-22-12-13-23(17-26(22)46-27)44-19-32(6,34(38,39)40)20-45-29(43)31(4,5)28(41)18-30(2,3)42/h11-17,28H,7-10,18-20,41-42H2,1-6H3. The van der Waals surface area contributed by atoms with Crippen molar-refractivity contribution in [3.63, 3.8) is 0 Å². The predicted molar refractivity (Wildman–Crippen MR) is 165 cm³/mol. The molecule has 0 fully saturated rings. The van der Waals surface area contributed by atoms with Crippen LogP contribution in [0.5, 0.6) is 5.75 Å². The van der Waals surface area contributed by atoms with Crippen molar-refractivity contribution in [3.05, 3.63) is 53.6 Å². The number of fused-ring (bicyclic) bond motifs is 1. The molecule has 1 heterocycles. The molecule has 0 saturated heterocycles. The molecule has 4 N–H and O–H groups in total. The van der Waals surface area contributed by atoms with Crippen molar-refractivity contribution in [3.8, 4) is 17.1 Å². The van der Waals surface area contributed by atoms with Gasteiger partial charge in [0.15, 0.2) is 0 Å². The second-order valence-electron chi connectivity index (χ2n) is 13.6. The zero-order valence-corrected chi connectivity index (χ0v) is 27.1. The highest BCUT2D eigenvalue weighted by Crippen LogP contribution is 2.42. The normalized spacial score (nSPS) is 15.1. The highest BCUT2D eigenvalue weighted by Gasteiger charge is 2.53. The Morgan fingerprint density at radius 2 is 1.59 bits per heavy atom. The van der Waals surface area contributed by atoms with Gasteiger partial charge in [-0.05, 0) is 83.7 Å². The Hall–Kier alpha value is -3.25. The van der Waals surface area contributed by atoms with E-state index in [9.17, 15) is 31.1 Å². The van der Waals surface area contributed by atoms with Crippen LogP contribution < -0.4 is 16.2 Å². The van der Waals surface area contributed by atoms with Crippen LogP contribution in [0.3, 0.4) is 0 Å².